The summed E-state index contributed by atoms with van der Waals surface area (Å²) < 4.78 is 1.03. The molecule has 1 heterocycles. The molecule has 2 amide bonds. The van der Waals surface area contributed by atoms with E-state index >= 15 is 0 Å². The Labute approximate surface area is 103 Å². The normalized spacial score (nSPS) is 20.8. The van der Waals surface area contributed by atoms with Crippen molar-refractivity contribution in [1.29, 1.82) is 0 Å². The van der Waals surface area contributed by atoms with Crippen molar-refractivity contribution in [3.63, 3.8) is 0 Å². The second kappa shape index (κ2) is 4.84. The van der Waals surface area contributed by atoms with Crippen LogP contribution in [-0.2, 0) is 0 Å². The molecule has 1 unspecified atom stereocenters. The fourth-order valence-corrected chi connectivity index (χ4v) is 2.22. The zero-order chi connectivity index (χ0) is 11.5. The van der Waals surface area contributed by atoms with Crippen LogP contribution < -0.4 is 11.1 Å². The molecule has 0 spiro atoms. The summed E-state index contributed by atoms with van der Waals surface area (Å²) in [6, 6.07) is 7.66. The molecule has 0 aromatic heterocycles. The van der Waals surface area contributed by atoms with Gasteiger partial charge in [0.2, 0.25) is 0 Å². The number of rotatable bonds is 1. The molecule has 1 atom stereocenters. The van der Waals surface area contributed by atoms with Gasteiger partial charge in [-0.3, -0.25) is 0 Å². The molecule has 1 saturated heterocycles. The largest absolute Gasteiger partial charge is 0.351 e. The van der Waals surface area contributed by atoms with Crippen LogP contribution in [0.1, 0.15) is 11.6 Å². The van der Waals surface area contributed by atoms with Gasteiger partial charge >= 0.3 is 6.03 Å². The molecule has 1 aromatic carbocycles. The summed E-state index contributed by atoms with van der Waals surface area (Å²) in [7, 11) is 0. The SMILES string of the molecule is NC(=O)N1CCNCC1c1ccc(Br)cc1. The molecule has 5 heteroatoms. The molecule has 1 aliphatic heterocycles. The molecular formula is C11H14BrN3O. The molecule has 0 radical (unpaired) electrons. The van der Waals surface area contributed by atoms with Crippen LogP contribution in [0.3, 0.4) is 0 Å². The second-order valence-corrected chi connectivity index (χ2v) is 4.72. The standard InChI is InChI=1S/C11H14BrN3O/c12-9-3-1-8(2-4-9)10-7-14-5-6-15(10)11(13)16/h1-4,10,14H,5-7H2,(H2,13,16). The number of hydrogen-bond donors (Lipinski definition) is 2. The molecule has 16 heavy (non-hydrogen) atoms. The molecule has 86 valence electrons. The van der Waals surface area contributed by atoms with Gasteiger partial charge in [-0.15, -0.1) is 0 Å². The van der Waals surface area contributed by atoms with Gasteiger partial charge in [0.1, 0.15) is 0 Å². The molecule has 3 N–H and O–H groups in total. The van der Waals surface area contributed by atoms with Crippen LogP contribution in [0.2, 0.25) is 0 Å². The van der Waals surface area contributed by atoms with Crippen LogP contribution in [0.5, 0.6) is 0 Å². The van der Waals surface area contributed by atoms with E-state index < -0.39 is 0 Å². The molecule has 1 aromatic rings. The Morgan fingerprint density at radius 1 is 1.44 bits per heavy atom. The Balaban J connectivity index is 2.23. The highest BCUT2D eigenvalue weighted by Crippen LogP contribution is 2.23. The molecule has 1 aliphatic rings. The Hall–Kier alpha value is -1.07. The van der Waals surface area contributed by atoms with E-state index in [9.17, 15) is 4.79 Å². The summed E-state index contributed by atoms with van der Waals surface area (Å²) in [4.78, 5) is 13.0. The first-order valence-electron chi connectivity index (χ1n) is 5.21. The number of carbonyl (C=O) groups excluding carboxylic acids is 1. The molecule has 2 rings (SSSR count). The van der Waals surface area contributed by atoms with Crippen LogP contribution >= 0.6 is 15.9 Å². The average Bonchev–Trinajstić information content (AvgIpc) is 2.30. The van der Waals surface area contributed by atoms with Crippen LogP contribution in [0.15, 0.2) is 28.7 Å². The maximum atomic E-state index is 11.3. The maximum Gasteiger partial charge on any atom is 0.315 e. The summed E-state index contributed by atoms with van der Waals surface area (Å²) in [5.74, 6) is 0. The van der Waals surface area contributed by atoms with E-state index in [1.807, 2.05) is 24.3 Å². The molecule has 0 saturated carbocycles. The topological polar surface area (TPSA) is 58.4 Å². The van der Waals surface area contributed by atoms with Crippen molar-refractivity contribution in [1.82, 2.24) is 10.2 Å². The lowest BCUT2D eigenvalue weighted by Gasteiger charge is -2.35. The fraction of sp³-hybridized carbons (Fsp3) is 0.364. The van der Waals surface area contributed by atoms with Gasteiger partial charge in [0.15, 0.2) is 0 Å². The van der Waals surface area contributed by atoms with Crippen molar-refractivity contribution in [3.05, 3.63) is 34.3 Å². The Morgan fingerprint density at radius 3 is 2.75 bits per heavy atom. The Kier molecular flexibility index (Phi) is 3.46. The minimum Gasteiger partial charge on any atom is -0.351 e. The number of nitrogens with one attached hydrogen (secondary N) is 1. The van der Waals surface area contributed by atoms with Crippen molar-refractivity contribution in [2.24, 2.45) is 5.73 Å². The van der Waals surface area contributed by atoms with E-state index in [-0.39, 0.29) is 12.1 Å². The highest BCUT2D eigenvalue weighted by molar-refractivity contribution is 9.10. The van der Waals surface area contributed by atoms with Gasteiger partial charge in [0, 0.05) is 24.1 Å². The number of hydrogen-bond acceptors (Lipinski definition) is 2. The van der Waals surface area contributed by atoms with Crippen molar-refractivity contribution in [3.8, 4) is 0 Å². The third-order valence-corrected chi connectivity index (χ3v) is 3.31. The maximum absolute atomic E-state index is 11.3. The lowest BCUT2D eigenvalue weighted by molar-refractivity contribution is 0.167. The summed E-state index contributed by atoms with van der Waals surface area (Å²) >= 11 is 3.39. The summed E-state index contributed by atoms with van der Waals surface area (Å²) in [5, 5.41) is 3.27. The number of benzene rings is 1. The number of nitrogens with two attached hydrogens (primary N) is 1. The van der Waals surface area contributed by atoms with Crippen LogP contribution in [-0.4, -0.2) is 30.6 Å². The van der Waals surface area contributed by atoms with Crippen molar-refractivity contribution in [2.75, 3.05) is 19.6 Å². The van der Waals surface area contributed by atoms with Gasteiger partial charge in [-0.25, -0.2) is 4.79 Å². The zero-order valence-electron chi connectivity index (χ0n) is 8.82. The number of halogens is 1. The predicted molar refractivity (Wildman–Crippen MR) is 66.0 cm³/mol. The summed E-state index contributed by atoms with van der Waals surface area (Å²) in [6.07, 6.45) is 0. The third-order valence-electron chi connectivity index (χ3n) is 2.78. The van der Waals surface area contributed by atoms with Crippen LogP contribution in [0.4, 0.5) is 4.79 Å². The van der Waals surface area contributed by atoms with Crippen LogP contribution in [0.25, 0.3) is 0 Å². The van der Waals surface area contributed by atoms with Gasteiger partial charge in [0.05, 0.1) is 6.04 Å². The van der Waals surface area contributed by atoms with Crippen molar-refractivity contribution in [2.45, 2.75) is 6.04 Å². The fourth-order valence-electron chi connectivity index (χ4n) is 1.95. The first-order chi connectivity index (χ1) is 7.68. The summed E-state index contributed by atoms with van der Waals surface area (Å²) in [5.41, 5.74) is 6.48. The van der Waals surface area contributed by atoms with Crippen molar-refractivity contribution < 1.29 is 4.79 Å². The highest BCUT2D eigenvalue weighted by atomic mass is 79.9. The molecule has 0 aliphatic carbocycles. The van der Waals surface area contributed by atoms with Gasteiger partial charge in [-0.05, 0) is 17.7 Å². The molecular weight excluding hydrogens is 270 g/mol. The number of urea groups is 1. The third kappa shape index (κ3) is 2.36. The van der Waals surface area contributed by atoms with Gasteiger partial charge in [-0.2, -0.15) is 0 Å². The number of carbonyl (C=O) groups is 1. The summed E-state index contributed by atoms with van der Waals surface area (Å²) in [6.45, 7) is 2.22. The number of primary amides is 1. The second-order valence-electron chi connectivity index (χ2n) is 3.80. The van der Waals surface area contributed by atoms with E-state index in [1.165, 1.54) is 0 Å². The van der Waals surface area contributed by atoms with Crippen LogP contribution in [0, 0.1) is 0 Å². The number of nitrogens with zero attached hydrogens (tertiary/aromatic N) is 1. The predicted octanol–water partition coefficient (Wildman–Crippen LogP) is 1.47. The monoisotopic (exact) mass is 283 g/mol. The van der Waals surface area contributed by atoms with E-state index in [0.29, 0.717) is 6.54 Å². The van der Waals surface area contributed by atoms with E-state index in [1.54, 1.807) is 4.90 Å². The highest BCUT2D eigenvalue weighted by Gasteiger charge is 2.25. The Morgan fingerprint density at radius 2 is 2.12 bits per heavy atom. The van der Waals surface area contributed by atoms with E-state index in [0.717, 1.165) is 23.1 Å². The average molecular weight is 284 g/mol. The van der Waals surface area contributed by atoms with Crippen molar-refractivity contribution >= 4 is 22.0 Å². The first-order valence-corrected chi connectivity index (χ1v) is 6.00. The minimum atomic E-state index is -0.352. The number of amides is 2. The van der Waals surface area contributed by atoms with Gasteiger partial charge in [0.25, 0.3) is 0 Å². The lowest BCUT2D eigenvalue weighted by atomic mass is 10.0. The molecule has 4 nitrogen and oxygen atoms in total. The lowest BCUT2D eigenvalue weighted by Crippen LogP contribution is -2.50. The number of piperazine rings is 1. The van der Waals surface area contributed by atoms with E-state index in [2.05, 4.69) is 21.2 Å². The molecule has 1 fully saturated rings. The first kappa shape index (κ1) is 11.4. The van der Waals surface area contributed by atoms with Gasteiger partial charge in [-0.1, -0.05) is 28.1 Å². The van der Waals surface area contributed by atoms with E-state index in [4.69, 9.17) is 5.73 Å². The molecule has 0 bridgehead atoms. The van der Waals surface area contributed by atoms with Gasteiger partial charge < -0.3 is 16.0 Å². The Bertz CT molecular complexity index is 379. The minimum absolute atomic E-state index is 0.0411. The zero-order valence-corrected chi connectivity index (χ0v) is 10.4. The smallest absolute Gasteiger partial charge is 0.315 e. The quantitative estimate of drug-likeness (QED) is 0.820.